The number of rotatable bonds is 6. The molecule has 1 heterocycles. The molecule has 1 aromatic rings. The maximum absolute atomic E-state index is 5.03. The minimum Gasteiger partial charge on any atom is -0.307 e. The Morgan fingerprint density at radius 3 is 3.00 bits per heavy atom. The van der Waals surface area contributed by atoms with Gasteiger partial charge in [-0.05, 0) is 37.1 Å². The van der Waals surface area contributed by atoms with Crippen LogP contribution in [-0.4, -0.2) is 26.8 Å². The molecule has 13 heavy (non-hydrogen) atoms. The van der Waals surface area contributed by atoms with Crippen LogP contribution >= 0.6 is 24.0 Å². The number of hydrogen-bond acceptors (Lipinski definition) is 3. The Hall–Kier alpha value is -0.290. The Bertz CT molecular complexity index is 279. The van der Waals surface area contributed by atoms with Crippen molar-refractivity contribution < 1.29 is 0 Å². The third-order valence-electron chi connectivity index (χ3n) is 1.87. The monoisotopic (exact) mass is 217 g/mol. The molecule has 0 fully saturated rings. The average molecular weight is 217 g/mol. The quantitative estimate of drug-likeness (QED) is 0.587. The predicted octanol–water partition coefficient (Wildman–Crippen LogP) is 2.47. The smallest absolute Gasteiger partial charge is 0.194 e. The van der Waals surface area contributed by atoms with Crippen LogP contribution in [-0.2, 0) is 6.54 Å². The van der Waals surface area contributed by atoms with E-state index in [-0.39, 0.29) is 0 Å². The summed E-state index contributed by atoms with van der Waals surface area (Å²) in [6, 6.07) is 0. The van der Waals surface area contributed by atoms with Gasteiger partial charge in [0.2, 0.25) is 0 Å². The van der Waals surface area contributed by atoms with E-state index in [1.54, 1.807) is 6.33 Å². The van der Waals surface area contributed by atoms with E-state index in [9.17, 15) is 0 Å². The van der Waals surface area contributed by atoms with Crippen molar-refractivity contribution in [3.8, 4) is 0 Å². The molecule has 0 amide bonds. The van der Waals surface area contributed by atoms with Gasteiger partial charge in [-0.3, -0.25) is 5.10 Å². The fourth-order valence-corrected chi connectivity index (χ4v) is 1.82. The fraction of sp³-hybridized carbons (Fsp3) is 0.750. The highest BCUT2D eigenvalue weighted by atomic mass is 32.2. The molecule has 0 aromatic carbocycles. The van der Waals surface area contributed by atoms with Crippen LogP contribution in [0.4, 0.5) is 0 Å². The van der Waals surface area contributed by atoms with Gasteiger partial charge in [0.05, 0.1) is 0 Å². The maximum atomic E-state index is 5.03. The number of H-pyrrole nitrogens is 1. The van der Waals surface area contributed by atoms with Gasteiger partial charge in [-0.1, -0.05) is 6.42 Å². The number of nitrogens with zero attached hydrogens (tertiary/aromatic N) is 2. The van der Waals surface area contributed by atoms with Gasteiger partial charge in [0.25, 0.3) is 0 Å². The van der Waals surface area contributed by atoms with Crippen LogP contribution < -0.4 is 0 Å². The van der Waals surface area contributed by atoms with Gasteiger partial charge in [-0.25, -0.2) is 0 Å². The Kier molecular flexibility index (Phi) is 5.15. The van der Waals surface area contributed by atoms with E-state index in [1.165, 1.54) is 25.0 Å². The van der Waals surface area contributed by atoms with E-state index < -0.39 is 0 Å². The number of hydrogen-bond donors (Lipinski definition) is 1. The van der Waals surface area contributed by atoms with E-state index in [0.717, 1.165) is 11.3 Å². The first-order chi connectivity index (χ1) is 6.34. The Morgan fingerprint density at radius 1 is 1.54 bits per heavy atom. The van der Waals surface area contributed by atoms with Gasteiger partial charge in [-0.15, -0.1) is 0 Å². The Balaban J connectivity index is 2.13. The Morgan fingerprint density at radius 2 is 2.38 bits per heavy atom. The van der Waals surface area contributed by atoms with Crippen molar-refractivity contribution in [1.29, 1.82) is 0 Å². The number of thioether (sulfide) groups is 1. The highest BCUT2D eigenvalue weighted by Crippen LogP contribution is 2.03. The van der Waals surface area contributed by atoms with Crippen molar-refractivity contribution in [3.63, 3.8) is 0 Å². The van der Waals surface area contributed by atoms with Crippen LogP contribution in [0.2, 0.25) is 0 Å². The maximum Gasteiger partial charge on any atom is 0.194 e. The largest absolute Gasteiger partial charge is 0.307 e. The lowest BCUT2D eigenvalue weighted by Crippen LogP contribution is -1.96. The molecule has 1 N–H and O–H groups in total. The average Bonchev–Trinajstić information content (AvgIpc) is 2.52. The van der Waals surface area contributed by atoms with Crippen LogP contribution in [0.25, 0.3) is 0 Å². The molecule has 5 heteroatoms. The molecule has 0 radical (unpaired) electrons. The molecular formula is C8H15N3S2. The summed E-state index contributed by atoms with van der Waals surface area (Å²) in [5.74, 6) is 1.26. The van der Waals surface area contributed by atoms with E-state index in [0.29, 0.717) is 0 Å². The molecule has 0 atom stereocenters. The molecule has 74 valence electrons. The second-order valence-corrected chi connectivity index (χ2v) is 4.28. The molecule has 3 nitrogen and oxygen atoms in total. The fourth-order valence-electron chi connectivity index (χ4n) is 1.14. The van der Waals surface area contributed by atoms with Crippen molar-refractivity contribution in [2.45, 2.75) is 25.8 Å². The normalized spacial score (nSPS) is 10.5. The number of aryl methyl sites for hydroxylation is 1. The van der Waals surface area contributed by atoms with Crippen LogP contribution in [0.3, 0.4) is 0 Å². The number of unbranched alkanes of at least 4 members (excludes halogenated alkanes) is 2. The zero-order valence-corrected chi connectivity index (χ0v) is 9.46. The summed E-state index contributed by atoms with van der Waals surface area (Å²) in [6.07, 6.45) is 7.66. The molecular weight excluding hydrogens is 202 g/mol. The summed E-state index contributed by atoms with van der Waals surface area (Å²) < 4.78 is 2.71. The van der Waals surface area contributed by atoms with Crippen molar-refractivity contribution >= 4 is 24.0 Å². The molecule has 0 bridgehead atoms. The van der Waals surface area contributed by atoms with Crippen molar-refractivity contribution in [2.75, 3.05) is 12.0 Å². The SMILES string of the molecule is CSCCCCCn1cn[nH]c1=S. The number of aromatic amines is 1. The lowest BCUT2D eigenvalue weighted by molar-refractivity contribution is 0.598. The summed E-state index contributed by atoms with van der Waals surface area (Å²) in [4.78, 5) is 0. The second-order valence-electron chi connectivity index (χ2n) is 2.91. The van der Waals surface area contributed by atoms with Crippen molar-refractivity contribution in [3.05, 3.63) is 11.1 Å². The molecule has 0 unspecified atom stereocenters. The molecule has 1 rings (SSSR count). The molecule has 0 aliphatic carbocycles. The van der Waals surface area contributed by atoms with Crippen LogP contribution in [0, 0.1) is 4.77 Å². The molecule has 0 saturated heterocycles. The summed E-state index contributed by atoms with van der Waals surface area (Å²) in [5.41, 5.74) is 0. The van der Waals surface area contributed by atoms with E-state index >= 15 is 0 Å². The van der Waals surface area contributed by atoms with E-state index in [4.69, 9.17) is 12.2 Å². The standard InChI is InChI=1S/C8H15N3S2/c1-13-6-4-2-3-5-11-7-9-10-8(11)12/h7H,2-6H2,1H3,(H,10,12). The summed E-state index contributed by atoms with van der Waals surface area (Å²) in [7, 11) is 0. The van der Waals surface area contributed by atoms with Gasteiger partial charge in [-0.2, -0.15) is 16.9 Å². The number of nitrogens with one attached hydrogen (secondary N) is 1. The first-order valence-electron chi connectivity index (χ1n) is 4.43. The minimum atomic E-state index is 0.727. The molecule has 0 aliphatic rings. The highest BCUT2D eigenvalue weighted by molar-refractivity contribution is 7.98. The summed E-state index contributed by atoms with van der Waals surface area (Å²) in [5, 5.41) is 6.61. The van der Waals surface area contributed by atoms with E-state index in [1.807, 2.05) is 16.3 Å². The van der Waals surface area contributed by atoms with Crippen LogP contribution in [0.1, 0.15) is 19.3 Å². The second kappa shape index (κ2) is 6.21. The number of aromatic nitrogens is 3. The first-order valence-corrected chi connectivity index (χ1v) is 6.23. The Labute approximate surface area is 87.9 Å². The van der Waals surface area contributed by atoms with Crippen molar-refractivity contribution in [2.24, 2.45) is 0 Å². The third kappa shape index (κ3) is 3.95. The third-order valence-corrected chi connectivity index (χ3v) is 2.89. The van der Waals surface area contributed by atoms with Crippen molar-refractivity contribution in [1.82, 2.24) is 14.8 Å². The van der Waals surface area contributed by atoms with Gasteiger partial charge in [0.1, 0.15) is 6.33 Å². The molecule has 0 aliphatic heterocycles. The van der Waals surface area contributed by atoms with Gasteiger partial charge in [0.15, 0.2) is 4.77 Å². The molecule has 1 aromatic heterocycles. The van der Waals surface area contributed by atoms with E-state index in [2.05, 4.69) is 16.5 Å². The first kappa shape index (κ1) is 10.8. The zero-order chi connectivity index (χ0) is 9.52. The minimum absolute atomic E-state index is 0.727. The molecule has 0 spiro atoms. The highest BCUT2D eigenvalue weighted by Gasteiger charge is 1.93. The lowest BCUT2D eigenvalue weighted by atomic mass is 10.2. The lowest BCUT2D eigenvalue weighted by Gasteiger charge is -2.00. The van der Waals surface area contributed by atoms with Crippen LogP contribution in [0.15, 0.2) is 6.33 Å². The van der Waals surface area contributed by atoms with Gasteiger partial charge >= 0.3 is 0 Å². The summed E-state index contributed by atoms with van der Waals surface area (Å²) in [6.45, 7) is 0.990. The van der Waals surface area contributed by atoms with Gasteiger partial charge in [0, 0.05) is 6.54 Å². The summed E-state index contributed by atoms with van der Waals surface area (Å²) >= 11 is 6.93. The molecule has 0 saturated carbocycles. The van der Waals surface area contributed by atoms with Gasteiger partial charge < -0.3 is 4.57 Å². The predicted molar refractivity (Wildman–Crippen MR) is 59.6 cm³/mol. The van der Waals surface area contributed by atoms with Crippen LogP contribution in [0.5, 0.6) is 0 Å². The zero-order valence-electron chi connectivity index (χ0n) is 7.82. The topological polar surface area (TPSA) is 33.6 Å².